The number of nitrogens with one attached hydrogen (secondary N) is 1. The molecule has 2 rings (SSSR count). The van der Waals surface area contributed by atoms with Crippen LogP contribution in [0.2, 0.25) is 0 Å². The highest BCUT2D eigenvalue weighted by atomic mass is 32.1. The van der Waals surface area contributed by atoms with Gasteiger partial charge in [0.05, 0.1) is 18.9 Å². The lowest BCUT2D eigenvalue weighted by molar-refractivity contribution is -0.0132. The van der Waals surface area contributed by atoms with Gasteiger partial charge in [0, 0.05) is 31.1 Å². The zero-order valence-electron chi connectivity index (χ0n) is 10.6. The van der Waals surface area contributed by atoms with Gasteiger partial charge >= 0.3 is 0 Å². The molecule has 1 N–H and O–H groups in total. The minimum Gasteiger partial charge on any atom is -0.378 e. The van der Waals surface area contributed by atoms with E-state index in [9.17, 15) is 0 Å². The summed E-state index contributed by atoms with van der Waals surface area (Å²) in [6, 6.07) is 0.554. The molecule has 0 saturated carbocycles. The quantitative estimate of drug-likeness (QED) is 0.864. The van der Waals surface area contributed by atoms with Crippen molar-refractivity contribution >= 4 is 11.3 Å². The second kappa shape index (κ2) is 6.44. The Hall–Kier alpha value is -0.490. The third kappa shape index (κ3) is 3.48. The van der Waals surface area contributed by atoms with Crippen molar-refractivity contribution in [1.82, 2.24) is 15.2 Å². The molecule has 4 nitrogen and oxygen atoms in total. The van der Waals surface area contributed by atoms with Gasteiger partial charge in [-0.2, -0.15) is 0 Å². The van der Waals surface area contributed by atoms with Gasteiger partial charge in [-0.15, -0.1) is 11.3 Å². The summed E-state index contributed by atoms with van der Waals surface area (Å²) in [4.78, 5) is 7.12. The maximum atomic E-state index is 5.52. The standard InChI is InChI=1S/C12H21N3OS/c1-3-11-8-16-5-4-15(11)7-10-9-17-12(14-10)6-13-2/h9,11,13H,3-8H2,1-2H3. The molecule has 1 aliphatic heterocycles. The lowest BCUT2D eigenvalue weighted by atomic mass is 10.1. The molecule has 1 aromatic rings. The van der Waals surface area contributed by atoms with Crippen LogP contribution in [0.4, 0.5) is 0 Å². The highest BCUT2D eigenvalue weighted by Gasteiger charge is 2.21. The summed E-state index contributed by atoms with van der Waals surface area (Å²) < 4.78 is 5.52. The van der Waals surface area contributed by atoms with Gasteiger partial charge < -0.3 is 10.1 Å². The predicted molar refractivity (Wildman–Crippen MR) is 70.2 cm³/mol. The number of hydrogen-bond donors (Lipinski definition) is 1. The fourth-order valence-electron chi connectivity index (χ4n) is 2.14. The van der Waals surface area contributed by atoms with Crippen LogP contribution in [0.25, 0.3) is 0 Å². The maximum absolute atomic E-state index is 5.52. The number of aromatic nitrogens is 1. The molecule has 0 amide bonds. The maximum Gasteiger partial charge on any atom is 0.107 e. The summed E-state index contributed by atoms with van der Waals surface area (Å²) >= 11 is 1.74. The van der Waals surface area contributed by atoms with Crippen molar-refractivity contribution in [2.24, 2.45) is 0 Å². The average molecular weight is 255 g/mol. The molecule has 1 fully saturated rings. The highest BCUT2D eigenvalue weighted by Crippen LogP contribution is 2.16. The van der Waals surface area contributed by atoms with E-state index in [1.165, 1.54) is 10.7 Å². The lowest BCUT2D eigenvalue weighted by Gasteiger charge is -2.34. The Morgan fingerprint density at radius 3 is 3.29 bits per heavy atom. The molecular weight excluding hydrogens is 234 g/mol. The van der Waals surface area contributed by atoms with Crippen LogP contribution in [-0.2, 0) is 17.8 Å². The zero-order chi connectivity index (χ0) is 12.1. The van der Waals surface area contributed by atoms with Crippen LogP contribution in [-0.4, -0.2) is 42.7 Å². The monoisotopic (exact) mass is 255 g/mol. The first-order valence-corrected chi connectivity index (χ1v) is 7.11. The second-order valence-corrected chi connectivity index (χ2v) is 5.31. The van der Waals surface area contributed by atoms with Crippen molar-refractivity contribution in [3.63, 3.8) is 0 Å². The van der Waals surface area contributed by atoms with Crippen LogP contribution in [0.1, 0.15) is 24.0 Å². The summed E-state index contributed by atoms with van der Waals surface area (Å²) in [5.41, 5.74) is 1.20. The SMILES string of the molecule is CCC1COCCN1Cc1csc(CNC)n1. The molecule has 17 heavy (non-hydrogen) atoms. The van der Waals surface area contributed by atoms with Gasteiger partial charge in [0.1, 0.15) is 5.01 Å². The van der Waals surface area contributed by atoms with Crippen molar-refractivity contribution in [3.05, 3.63) is 16.1 Å². The summed E-state index contributed by atoms with van der Waals surface area (Å²) in [6.45, 7) is 6.79. The van der Waals surface area contributed by atoms with E-state index in [0.29, 0.717) is 6.04 Å². The molecule has 96 valence electrons. The zero-order valence-corrected chi connectivity index (χ0v) is 11.4. The van der Waals surface area contributed by atoms with E-state index in [-0.39, 0.29) is 0 Å². The summed E-state index contributed by atoms with van der Waals surface area (Å²) in [5, 5.41) is 6.48. The smallest absolute Gasteiger partial charge is 0.107 e. The van der Waals surface area contributed by atoms with Crippen molar-refractivity contribution in [1.29, 1.82) is 0 Å². The Labute approximate surface area is 107 Å². The average Bonchev–Trinajstić information content (AvgIpc) is 2.78. The number of morpholine rings is 1. The van der Waals surface area contributed by atoms with Crippen LogP contribution >= 0.6 is 11.3 Å². The van der Waals surface area contributed by atoms with Gasteiger partial charge in [-0.05, 0) is 13.5 Å². The Kier molecular flexibility index (Phi) is 4.91. The number of rotatable bonds is 5. The summed E-state index contributed by atoms with van der Waals surface area (Å²) in [6.07, 6.45) is 1.15. The Bertz CT molecular complexity index is 342. The Morgan fingerprint density at radius 1 is 1.65 bits per heavy atom. The number of nitrogens with zero attached hydrogens (tertiary/aromatic N) is 2. The van der Waals surface area contributed by atoms with E-state index in [1.54, 1.807) is 11.3 Å². The summed E-state index contributed by atoms with van der Waals surface area (Å²) in [5.74, 6) is 0. The van der Waals surface area contributed by atoms with E-state index in [1.807, 2.05) is 7.05 Å². The van der Waals surface area contributed by atoms with Gasteiger partial charge in [0.25, 0.3) is 0 Å². The molecule has 1 unspecified atom stereocenters. The molecule has 0 aliphatic carbocycles. The third-order valence-electron chi connectivity index (χ3n) is 3.11. The fourth-order valence-corrected chi connectivity index (χ4v) is 2.93. The molecular formula is C12H21N3OS. The first kappa shape index (κ1) is 13.0. The molecule has 0 spiro atoms. The van der Waals surface area contributed by atoms with Crippen molar-refractivity contribution in [2.75, 3.05) is 26.8 Å². The van der Waals surface area contributed by atoms with E-state index in [2.05, 4.69) is 27.5 Å². The number of ether oxygens (including phenoxy) is 1. The number of hydrogen-bond acceptors (Lipinski definition) is 5. The molecule has 0 bridgehead atoms. The molecule has 1 saturated heterocycles. The van der Waals surface area contributed by atoms with Crippen molar-refractivity contribution in [3.8, 4) is 0 Å². The normalized spacial score (nSPS) is 21.9. The Balaban J connectivity index is 1.93. The van der Waals surface area contributed by atoms with Gasteiger partial charge in [-0.1, -0.05) is 6.92 Å². The third-order valence-corrected chi connectivity index (χ3v) is 4.01. The molecule has 2 heterocycles. The first-order valence-electron chi connectivity index (χ1n) is 6.23. The Morgan fingerprint density at radius 2 is 2.53 bits per heavy atom. The van der Waals surface area contributed by atoms with E-state index in [0.717, 1.165) is 39.3 Å². The molecule has 0 radical (unpaired) electrons. The minimum absolute atomic E-state index is 0.554. The second-order valence-electron chi connectivity index (χ2n) is 4.37. The number of thiazole rings is 1. The van der Waals surface area contributed by atoms with E-state index >= 15 is 0 Å². The van der Waals surface area contributed by atoms with Crippen LogP contribution < -0.4 is 5.32 Å². The fraction of sp³-hybridized carbons (Fsp3) is 0.750. The lowest BCUT2D eigenvalue weighted by Crippen LogP contribution is -2.44. The largest absolute Gasteiger partial charge is 0.378 e. The van der Waals surface area contributed by atoms with Crippen LogP contribution in [0.15, 0.2) is 5.38 Å². The van der Waals surface area contributed by atoms with Gasteiger partial charge in [0.15, 0.2) is 0 Å². The molecule has 1 aliphatic rings. The summed E-state index contributed by atoms with van der Waals surface area (Å²) in [7, 11) is 1.95. The van der Waals surface area contributed by atoms with Gasteiger partial charge in [-0.3, -0.25) is 4.90 Å². The first-order chi connectivity index (χ1) is 8.33. The predicted octanol–water partition coefficient (Wildman–Crippen LogP) is 1.47. The van der Waals surface area contributed by atoms with Crippen molar-refractivity contribution in [2.45, 2.75) is 32.5 Å². The topological polar surface area (TPSA) is 37.4 Å². The van der Waals surface area contributed by atoms with Crippen LogP contribution in [0, 0.1) is 0 Å². The molecule has 1 atom stereocenters. The molecule has 5 heteroatoms. The van der Waals surface area contributed by atoms with E-state index < -0.39 is 0 Å². The van der Waals surface area contributed by atoms with Crippen LogP contribution in [0.5, 0.6) is 0 Å². The van der Waals surface area contributed by atoms with Gasteiger partial charge in [-0.25, -0.2) is 4.98 Å². The molecule has 0 aromatic carbocycles. The van der Waals surface area contributed by atoms with E-state index in [4.69, 9.17) is 4.74 Å². The van der Waals surface area contributed by atoms with Crippen LogP contribution in [0.3, 0.4) is 0 Å². The highest BCUT2D eigenvalue weighted by molar-refractivity contribution is 7.09. The van der Waals surface area contributed by atoms with Crippen molar-refractivity contribution < 1.29 is 4.74 Å². The van der Waals surface area contributed by atoms with Gasteiger partial charge in [0.2, 0.25) is 0 Å². The molecule has 1 aromatic heterocycles. The minimum atomic E-state index is 0.554.